The number of hydrogen-bond acceptors (Lipinski definition) is 4. The van der Waals surface area contributed by atoms with Gasteiger partial charge in [-0.2, -0.15) is 0 Å². The number of nitrogens with one attached hydrogen (secondary N) is 1. The van der Waals surface area contributed by atoms with Crippen molar-refractivity contribution >= 4 is 63.4 Å². The van der Waals surface area contributed by atoms with E-state index in [0.29, 0.717) is 23.1 Å². The summed E-state index contributed by atoms with van der Waals surface area (Å²) in [6.45, 7) is 6.89. The Hall–Kier alpha value is -2.32. The molecule has 2 aliphatic rings. The normalized spacial score (nSPS) is 16.0. The number of nitrogens with zero attached hydrogens (tertiary/aromatic N) is 3. The topological polar surface area (TPSA) is 38.8 Å². The van der Waals surface area contributed by atoms with Crippen LogP contribution in [0.25, 0.3) is 0 Å². The first kappa shape index (κ1) is 34.0. The molecular weight excluding hydrogens is 670 g/mol. The SMILES string of the molecule is Clc1ccc(C(c2ccc(Cl)cc2)N2CCNCC2)cc1.O=C(Cl)N1CCN(C(c2ccc(Cl)cc2)c2ccc(Cl)cc2)CC1. The molecule has 0 saturated carbocycles. The Morgan fingerprint density at radius 3 is 1.07 bits per heavy atom. The van der Waals surface area contributed by atoms with Crippen molar-refractivity contribution in [3.63, 3.8) is 0 Å². The zero-order chi connectivity index (χ0) is 31.8. The highest BCUT2D eigenvalue weighted by Crippen LogP contribution is 2.32. The van der Waals surface area contributed by atoms with E-state index in [4.69, 9.17) is 58.0 Å². The monoisotopic (exact) mass is 702 g/mol. The van der Waals surface area contributed by atoms with Crippen LogP contribution in [0.15, 0.2) is 97.1 Å². The Balaban J connectivity index is 0.000000179. The minimum Gasteiger partial charge on any atom is -0.327 e. The molecule has 2 saturated heterocycles. The molecule has 0 atom stereocenters. The number of halogens is 5. The second-order valence-corrected chi connectivity index (χ2v) is 13.1. The molecule has 1 N–H and O–H groups in total. The minimum absolute atomic E-state index is 0.0899. The van der Waals surface area contributed by atoms with Crippen LogP contribution in [0, 0.1) is 0 Å². The molecule has 10 heteroatoms. The molecule has 0 aromatic heterocycles. The van der Waals surface area contributed by atoms with Crippen LogP contribution in [0.5, 0.6) is 0 Å². The van der Waals surface area contributed by atoms with Crippen molar-refractivity contribution in [1.82, 2.24) is 20.0 Å². The van der Waals surface area contributed by atoms with Crippen molar-refractivity contribution in [2.75, 3.05) is 52.4 Å². The maximum atomic E-state index is 11.3. The van der Waals surface area contributed by atoms with E-state index in [-0.39, 0.29) is 17.5 Å². The maximum Gasteiger partial charge on any atom is 0.316 e. The van der Waals surface area contributed by atoms with Crippen LogP contribution in [0.2, 0.25) is 20.1 Å². The number of hydrogen-bond donors (Lipinski definition) is 1. The number of piperazine rings is 2. The summed E-state index contributed by atoms with van der Waals surface area (Å²) in [6.07, 6.45) is 0. The standard InChI is InChI=1S/C18H17Cl3N2O.C17H18Cl2N2/c19-15-5-1-13(2-6-15)17(14-3-7-16(20)8-4-14)22-9-11-23(12-10-22)18(21)24;18-15-5-1-13(2-6-15)17(21-11-9-20-10-12-21)14-3-7-16(19)8-4-14/h1-8,17H,9-12H2;1-8,17,20H,9-12H2. The van der Waals surface area contributed by atoms with Gasteiger partial charge in [-0.05, 0) is 82.4 Å². The van der Waals surface area contributed by atoms with Crippen molar-refractivity contribution < 1.29 is 4.79 Å². The first-order valence-corrected chi connectivity index (χ1v) is 16.8. The number of benzene rings is 4. The van der Waals surface area contributed by atoms with Gasteiger partial charge in [-0.25, -0.2) is 0 Å². The lowest BCUT2D eigenvalue weighted by Gasteiger charge is -2.39. The van der Waals surface area contributed by atoms with Crippen molar-refractivity contribution in [2.45, 2.75) is 12.1 Å². The van der Waals surface area contributed by atoms with Gasteiger partial charge in [0.2, 0.25) is 0 Å². The molecule has 0 radical (unpaired) electrons. The van der Waals surface area contributed by atoms with E-state index in [2.05, 4.69) is 39.4 Å². The van der Waals surface area contributed by atoms with Gasteiger partial charge in [-0.3, -0.25) is 14.6 Å². The van der Waals surface area contributed by atoms with E-state index in [9.17, 15) is 4.79 Å². The van der Waals surface area contributed by atoms with E-state index in [0.717, 1.165) is 60.4 Å². The van der Waals surface area contributed by atoms with Crippen LogP contribution in [0.1, 0.15) is 34.3 Å². The summed E-state index contributed by atoms with van der Waals surface area (Å²) in [5.41, 5.74) is 4.85. The average molecular weight is 705 g/mol. The van der Waals surface area contributed by atoms with Crippen molar-refractivity contribution in [3.05, 3.63) is 139 Å². The highest BCUT2D eigenvalue weighted by atomic mass is 35.5. The molecule has 2 fully saturated rings. The van der Waals surface area contributed by atoms with Crippen LogP contribution in [-0.2, 0) is 0 Å². The molecular formula is C35H35Cl5N4O. The Labute approximate surface area is 290 Å². The fourth-order valence-corrected chi connectivity index (χ4v) is 6.58. The highest BCUT2D eigenvalue weighted by Gasteiger charge is 2.28. The van der Waals surface area contributed by atoms with E-state index in [1.165, 1.54) is 11.1 Å². The molecule has 4 aromatic rings. The van der Waals surface area contributed by atoms with E-state index in [1.54, 1.807) is 4.90 Å². The Kier molecular flexibility index (Phi) is 12.5. The molecule has 2 heterocycles. The summed E-state index contributed by atoms with van der Waals surface area (Å²) >= 11 is 29.7. The lowest BCUT2D eigenvalue weighted by atomic mass is 9.96. The molecule has 2 aliphatic heterocycles. The molecule has 4 aromatic carbocycles. The third-order valence-electron chi connectivity index (χ3n) is 8.19. The lowest BCUT2D eigenvalue weighted by molar-refractivity contribution is 0.131. The average Bonchev–Trinajstić information content (AvgIpc) is 3.06. The third kappa shape index (κ3) is 9.37. The summed E-state index contributed by atoms with van der Waals surface area (Å²) in [7, 11) is 0. The first-order chi connectivity index (χ1) is 21.8. The van der Waals surface area contributed by atoms with Gasteiger partial charge in [0.25, 0.3) is 0 Å². The van der Waals surface area contributed by atoms with Gasteiger partial charge in [0.05, 0.1) is 12.1 Å². The zero-order valence-corrected chi connectivity index (χ0v) is 28.5. The Bertz CT molecular complexity index is 1410. The fourth-order valence-electron chi connectivity index (χ4n) is 5.90. The third-order valence-corrected chi connectivity index (χ3v) is 9.43. The smallest absolute Gasteiger partial charge is 0.316 e. The number of carbonyl (C=O) groups excluding carboxylic acids is 1. The second kappa shape index (κ2) is 16.5. The van der Waals surface area contributed by atoms with E-state index in [1.807, 2.05) is 72.8 Å². The quantitative estimate of drug-likeness (QED) is 0.161. The number of carbonyl (C=O) groups is 1. The van der Waals surface area contributed by atoms with Crippen molar-refractivity contribution in [3.8, 4) is 0 Å². The molecule has 236 valence electrons. The predicted molar refractivity (Wildman–Crippen MR) is 188 cm³/mol. The van der Waals surface area contributed by atoms with Crippen LogP contribution >= 0.6 is 58.0 Å². The molecule has 45 heavy (non-hydrogen) atoms. The van der Waals surface area contributed by atoms with Crippen molar-refractivity contribution in [1.29, 1.82) is 0 Å². The summed E-state index contributed by atoms with van der Waals surface area (Å²) in [5.74, 6) is 0. The predicted octanol–water partition coefficient (Wildman–Crippen LogP) is 9.05. The molecule has 0 aliphatic carbocycles. The zero-order valence-electron chi connectivity index (χ0n) is 24.7. The molecule has 5 nitrogen and oxygen atoms in total. The van der Waals surface area contributed by atoms with Gasteiger partial charge >= 0.3 is 5.37 Å². The number of rotatable bonds is 6. The van der Waals surface area contributed by atoms with Gasteiger partial charge in [0.1, 0.15) is 0 Å². The molecule has 1 amide bonds. The summed E-state index contributed by atoms with van der Waals surface area (Å²) in [4.78, 5) is 17.9. The first-order valence-electron chi connectivity index (χ1n) is 14.9. The molecule has 0 unspecified atom stereocenters. The summed E-state index contributed by atoms with van der Waals surface area (Å²) < 4.78 is 0. The molecule has 0 spiro atoms. The highest BCUT2D eigenvalue weighted by molar-refractivity contribution is 6.62. The lowest BCUT2D eigenvalue weighted by Crippen LogP contribution is -2.48. The Morgan fingerprint density at radius 2 is 0.778 bits per heavy atom. The van der Waals surface area contributed by atoms with Crippen LogP contribution < -0.4 is 5.32 Å². The van der Waals surface area contributed by atoms with Crippen LogP contribution in [-0.4, -0.2) is 72.4 Å². The van der Waals surface area contributed by atoms with Crippen LogP contribution in [0.4, 0.5) is 4.79 Å². The Morgan fingerprint density at radius 1 is 0.489 bits per heavy atom. The summed E-state index contributed by atoms with van der Waals surface area (Å²) in [5, 5.41) is 5.99. The fraction of sp³-hybridized carbons (Fsp3) is 0.286. The van der Waals surface area contributed by atoms with Gasteiger partial charge in [-0.15, -0.1) is 0 Å². The van der Waals surface area contributed by atoms with E-state index >= 15 is 0 Å². The van der Waals surface area contributed by atoms with Crippen LogP contribution in [0.3, 0.4) is 0 Å². The van der Waals surface area contributed by atoms with Gasteiger partial charge in [0.15, 0.2) is 0 Å². The second-order valence-electron chi connectivity index (χ2n) is 11.1. The molecule has 6 rings (SSSR count). The maximum absolute atomic E-state index is 11.3. The van der Waals surface area contributed by atoms with Gasteiger partial charge < -0.3 is 10.2 Å². The van der Waals surface area contributed by atoms with Crippen molar-refractivity contribution in [2.24, 2.45) is 0 Å². The van der Waals surface area contributed by atoms with Gasteiger partial charge in [-0.1, -0.05) is 94.9 Å². The van der Waals surface area contributed by atoms with E-state index < -0.39 is 0 Å². The minimum atomic E-state index is -0.385. The molecule has 0 bridgehead atoms. The summed E-state index contributed by atoms with van der Waals surface area (Å²) in [6, 6.07) is 32.4. The van der Waals surface area contributed by atoms with Gasteiger partial charge in [0, 0.05) is 72.4 Å². The largest absolute Gasteiger partial charge is 0.327 e. The number of amides is 1.